The van der Waals surface area contributed by atoms with Gasteiger partial charge in [0.05, 0.1) is 16.3 Å². The number of imidazole rings is 1. The van der Waals surface area contributed by atoms with Crippen LogP contribution in [0.25, 0.3) is 11.0 Å². The van der Waals surface area contributed by atoms with E-state index < -0.39 is 0 Å². The van der Waals surface area contributed by atoms with Gasteiger partial charge in [-0.2, -0.15) is 5.10 Å². The van der Waals surface area contributed by atoms with Crippen molar-refractivity contribution in [3.8, 4) is 0 Å². The highest BCUT2D eigenvalue weighted by Crippen LogP contribution is 2.22. The second-order valence-electron chi connectivity index (χ2n) is 3.90. The van der Waals surface area contributed by atoms with Gasteiger partial charge in [0, 0.05) is 5.02 Å². The maximum Gasteiger partial charge on any atom is 0.299 e. The first-order valence-corrected chi connectivity index (χ1v) is 6.59. The molecule has 0 fully saturated rings. The first-order valence-electron chi connectivity index (χ1n) is 5.33. The van der Waals surface area contributed by atoms with E-state index in [2.05, 4.69) is 20.5 Å². The van der Waals surface area contributed by atoms with E-state index in [4.69, 9.17) is 11.6 Å². The van der Waals surface area contributed by atoms with E-state index in [1.165, 1.54) is 11.8 Å². The van der Waals surface area contributed by atoms with Crippen LogP contribution in [0.15, 0.2) is 23.3 Å². The van der Waals surface area contributed by atoms with Gasteiger partial charge in [-0.05, 0) is 25.1 Å². The maximum atomic E-state index is 11.2. The van der Waals surface area contributed by atoms with E-state index >= 15 is 0 Å². The van der Waals surface area contributed by atoms with Crippen molar-refractivity contribution in [1.82, 2.24) is 15.4 Å². The van der Waals surface area contributed by atoms with E-state index in [1.807, 2.05) is 19.1 Å². The molecule has 2 N–H and O–H groups in total. The van der Waals surface area contributed by atoms with Crippen molar-refractivity contribution in [3.05, 3.63) is 29.0 Å². The molecule has 18 heavy (non-hydrogen) atoms. The van der Waals surface area contributed by atoms with Gasteiger partial charge in [-0.1, -0.05) is 23.4 Å². The quantitative estimate of drug-likeness (QED) is 0.844. The van der Waals surface area contributed by atoms with Gasteiger partial charge in [0.1, 0.15) is 5.71 Å². The third-order valence-corrected chi connectivity index (χ3v) is 3.74. The molecule has 3 rings (SSSR count). The smallest absolute Gasteiger partial charge is 0.299 e. The van der Waals surface area contributed by atoms with Gasteiger partial charge in [-0.15, -0.1) is 0 Å². The Morgan fingerprint density at radius 3 is 3.06 bits per heavy atom. The molecule has 0 bridgehead atoms. The summed E-state index contributed by atoms with van der Waals surface area (Å²) in [6.07, 6.45) is 0. The summed E-state index contributed by atoms with van der Waals surface area (Å²) in [7, 11) is 0. The zero-order chi connectivity index (χ0) is 12.7. The molecular weight excluding hydrogens is 272 g/mol. The number of nitrogens with one attached hydrogen (secondary N) is 2. The molecule has 0 saturated carbocycles. The third kappa shape index (κ3) is 1.97. The number of benzene rings is 1. The lowest BCUT2D eigenvalue weighted by molar-refractivity contribution is 0.261. The number of nitrogens with zero attached hydrogens (tertiary/aromatic N) is 2. The lowest BCUT2D eigenvalue weighted by atomic mass is 10.3. The number of hydrogen-bond acceptors (Lipinski definition) is 4. The number of fused-ring (bicyclic) bond motifs is 1. The normalized spacial score (nSPS) is 19.8. The number of aromatic amines is 1. The molecule has 1 amide bonds. The summed E-state index contributed by atoms with van der Waals surface area (Å²) in [4.78, 5) is 18.8. The summed E-state index contributed by atoms with van der Waals surface area (Å²) in [5.74, 6) is 0.660. The molecule has 0 spiro atoms. The third-order valence-electron chi connectivity index (χ3n) is 2.62. The monoisotopic (exact) mass is 280 g/mol. The van der Waals surface area contributed by atoms with Crippen LogP contribution in [-0.2, 0) is 0 Å². The van der Waals surface area contributed by atoms with Crippen LogP contribution in [0, 0.1) is 0 Å². The van der Waals surface area contributed by atoms with Crippen LogP contribution in [0.5, 0.6) is 0 Å². The number of hydrazone groups is 1. The van der Waals surface area contributed by atoms with Gasteiger partial charge in [-0.25, -0.2) is 10.4 Å². The van der Waals surface area contributed by atoms with Crippen molar-refractivity contribution in [2.24, 2.45) is 5.10 Å². The van der Waals surface area contributed by atoms with E-state index in [0.29, 0.717) is 10.8 Å². The van der Waals surface area contributed by atoms with Crippen molar-refractivity contribution >= 4 is 45.3 Å². The summed E-state index contributed by atoms with van der Waals surface area (Å²) < 4.78 is 0. The van der Waals surface area contributed by atoms with Gasteiger partial charge >= 0.3 is 0 Å². The first kappa shape index (κ1) is 11.6. The topological polar surface area (TPSA) is 70.1 Å². The second kappa shape index (κ2) is 4.29. The molecule has 1 aromatic carbocycles. The Balaban J connectivity index is 2.07. The lowest BCUT2D eigenvalue weighted by Crippen LogP contribution is -2.30. The molecule has 1 atom stereocenters. The largest absolute Gasteiger partial charge is 0.337 e. The van der Waals surface area contributed by atoms with Crippen LogP contribution in [0.3, 0.4) is 0 Å². The van der Waals surface area contributed by atoms with Crippen molar-refractivity contribution in [2.45, 2.75) is 12.2 Å². The number of H-pyrrole nitrogens is 1. The zero-order valence-electron chi connectivity index (χ0n) is 9.40. The van der Waals surface area contributed by atoms with E-state index in [0.717, 1.165) is 16.7 Å². The highest BCUT2D eigenvalue weighted by atomic mass is 35.5. The summed E-state index contributed by atoms with van der Waals surface area (Å²) in [6.45, 7) is 1.92. The fourth-order valence-corrected chi connectivity index (χ4v) is 2.66. The van der Waals surface area contributed by atoms with Gasteiger partial charge in [-0.3, -0.25) is 4.79 Å². The molecule has 1 aliphatic heterocycles. The Hall–Kier alpha value is -1.53. The summed E-state index contributed by atoms with van der Waals surface area (Å²) in [5, 5.41) is 4.52. The standard InChI is InChI=1S/C11H9ClN4OS/c1-5-9(15-16-11(17)18-5)10-13-7-3-2-6(12)4-8(7)14-10/h2-5H,1H3,(H,13,14)(H,16,17). The minimum Gasteiger partial charge on any atom is -0.337 e. The van der Waals surface area contributed by atoms with E-state index in [-0.39, 0.29) is 10.5 Å². The van der Waals surface area contributed by atoms with Crippen molar-refractivity contribution in [2.75, 3.05) is 0 Å². The molecule has 0 radical (unpaired) electrons. The summed E-state index contributed by atoms with van der Waals surface area (Å²) in [5.41, 5.74) is 4.85. The molecular formula is C11H9ClN4OS. The summed E-state index contributed by atoms with van der Waals surface area (Å²) >= 11 is 7.11. The minimum absolute atomic E-state index is 0.0326. The number of halogens is 1. The minimum atomic E-state index is -0.148. The molecule has 1 aromatic heterocycles. The molecule has 0 aliphatic carbocycles. The van der Waals surface area contributed by atoms with Crippen molar-refractivity contribution in [1.29, 1.82) is 0 Å². The number of carbonyl (C=O) groups is 1. The molecule has 0 saturated heterocycles. The van der Waals surface area contributed by atoms with Crippen molar-refractivity contribution in [3.63, 3.8) is 0 Å². The molecule has 5 nitrogen and oxygen atoms in total. The average Bonchev–Trinajstić information content (AvgIpc) is 2.71. The van der Waals surface area contributed by atoms with Crippen LogP contribution in [-0.4, -0.2) is 26.2 Å². The Bertz CT molecular complexity index is 666. The van der Waals surface area contributed by atoms with Crippen molar-refractivity contribution < 1.29 is 4.79 Å². The predicted octanol–water partition coefficient (Wildman–Crippen LogP) is 2.77. The van der Waals surface area contributed by atoms with E-state index in [9.17, 15) is 4.79 Å². The highest BCUT2D eigenvalue weighted by molar-refractivity contribution is 8.14. The number of carbonyl (C=O) groups excluding carboxylic acids is 1. The Kier molecular flexibility index (Phi) is 2.76. The van der Waals surface area contributed by atoms with Crippen LogP contribution < -0.4 is 5.43 Å². The SMILES string of the molecule is CC1SC(=O)NN=C1c1nc2ccc(Cl)cc2[nH]1. The second-order valence-corrected chi connectivity index (χ2v) is 5.65. The molecule has 2 aromatic rings. The number of hydrogen-bond donors (Lipinski definition) is 2. The summed E-state index contributed by atoms with van der Waals surface area (Å²) in [6, 6.07) is 5.45. The number of aromatic nitrogens is 2. The average molecular weight is 281 g/mol. The van der Waals surface area contributed by atoms with Crippen LogP contribution in [0.2, 0.25) is 5.02 Å². The molecule has 1 unspecified atom stereocenters. The number of thioether (sulfide) groups is 1. The Morgan fingerprint density at radius 1 is 1.44 bits per heavy atom. The maximum absolute atomic E-state index is 11.2. The van der Waals surface area contributed by atoms with Crippen LogP contribution in [0.1, 0.15) is 12.7 Å². The fraction of sp³-hybridized carbons (Fsp3) is 0.182. The Morgan fingerprint density at radius 2 is 2.28 bits per heavy atom. The highest BCUT2D eigenvalue weighted by Gasteiger charge is 2.24. The lowest BCUT2D eigenvalue weighted by Gasteiger charge is -2.16. The predicted molar refractivity (Wildman–Crippen MR) is 73.2 cm³/mol. The first-order chi connectivity index (χ1) is 8.63. The van der Waals surface area contributed by atoms with Crippen LogP contribution >= 0.6 is 23.4 Å². The van der Waals surface area contributed by atoms with E-state index in [1.54, 1.807) is 6.07 Å². The molecule has 7 heteroatoms. The van der Waals surface area contributed by atoms with Crippen LogP contribution in [0.4, 0.5) is 4.79 Å². The number of amides is 1. The fourth-order valence-electron chi connectivity index (χ4n) is 1.79. The zero-order valence-corrected chi connectivity index (χ0v) is 11.0. The Labute approximate surface area is 112 Å². The van der Waals surface area contributed by atoms with Gasteiger partial charge in [0.2, 0.25) is 0 Å². The molecule has 2 heterocycles. The number of rotatable bonds is 1. The van der Waals surface area contributed by atoms with Gasteiger partial charge in [0.15, 0.2) is 5.82 Å². The molecule has 92 valence electrons. The van der Waals surface area contributed by atoms with Gasteiger partial charge < -0.3 is 4.98 Å². The van der Waals surface area contributed by atoms with Gasteiger partial charge in [0.25, 0.3) is 5.24 Å². The molecule has 1 aliphatic rings.